The number of piperidine rings is 1. The molecule has 1 saturated carbocycles. The average Bonchev–Trinajstić information content (AvgIpc) is 3.09. The lowest BCUT2D eigenvalue weighted by molar-refractivity contribution is 0.363. The number of pyridine rings is 1. The Bertz CT molecular complexity index is 1340. The van der Waals surface area contributed by atoms with Crippen LogP contribution in [0.25, 0.3) is 10.9 Å². The van der Waals surface area contributed by atoms with E-state index in [1.54, 1.807) is 12.4 Å². The number of hydrogen-bond acceptors (Lipinski definition) is 7. The summed E-state index contributed by atoms with van der Waals surface area (Å²) >= 11 is 5.99. The lowest BCUT2D eigenvalue weighted by Gasteiger charge is -2.21. The van der Waals surface area contributed by atoms with Crippen LogP contribution in [-0.2, 0) is 6.54 Å². The molecule has 2 aliphatic rings. The number of aryl methyl sites for hydroxylation is 1. The molecule has 0 radical (unpaired) electrons. The first kappa shape index (κ1) is 18.5. The zero-order valence-electron chi connectivity index (χ0n) is 16.8. The first-order valence-corrected chi connectivity index (χ1v) is 10.6. The number of anilines is 1. The van der Waals surface area contributed by atoms with E-state index in [0.717, 1.165) is 29.5 Å². The Balaban J connectivity index is 1.17. The van der Waals surface area contributed by atoms with Crippen molar-refractivity contribution in [2.45, 2.75) is 19.4 Å². The smallest absolute Gasteiger partial charge is 0.262 e. The highest BCUT2D eigenvalue weighted by Crippen LogP contribution is 2.57. The van der Waals surface area contributed by atoms with Gasteiger partial charge in [0.05, 0.1) is 23.4 Å². The number of nitrogens with zero attached hydrogens (tertiary/aromatic N) is 6. The van der Waals surface area contributed by atoms with Crippen LogP contribution in [0.4, 0.5) is 5.69 Å². The second-order valence-corrected chi connectivity index (χ2v) is 8.75. The van der Waals surface area contributed by atoms with Gasteiger partial charge in [-0.25, -0.2) is 4.98 Å². The van der Waals surface area contributed by atoms with Crippen LogP contribution in [0.2, 0.25) is 5.02 Å². The molecule has 6 rings (SSSR count). The van der Waals surface area contributed by atoms with Crippen molar-refractivity contribution in [3.05, 3.63) is 75.6 Å². The Morgan fingerprint density at radius 3 is 2.71 bits per heavy atom. The van der Waals surface area contributed by atoms with Crippen LogP contribution in [0, 0.1) is 18.8 Å². The zero-order valence-corrected chi connectivity index (χ0v) is 17.5. The molecule has 8 nitrogen and oxygen atoms in total. The average molecular weight is 435 g/mol. The van der Waals surface area contributed by atoms with Crippen LogP contribution in [0.15, 0.2) is 52.3 Å². The summed E-state index contributed by atoms with van der Waals surface area (Å²) in [5.41, 5.74) is 2.44. The Morgan fingerprint density at radius 2 is 1.94 bits per heavy atom. The highest BCUT2D eigenvalue weighted by atomic mass is 35.5. The van der Waals surface area contributed by atoms with Gasteiger partial charge in [0.15, 0.2) is 5.82 Å². The molecule has 3 aromatic heterocycles. The fourth-order valence-corrected chi connectivity index (χ4v) is 4.88. The molecule has 4 heterocycles. The normalized spacial score (nSPS) is 22.1. The zero-order chi connectivity index (χ0) is 21.1. The Kier molecular flexibility index (Phi) is 4.11. The molecular weight excluding hydrogens is 416 g/mol. The standard InChI is InChI=1S/C22H19ClN6O2/c1-12-6-24-7-17-19(12)22(30)29(11-25-17)10-18-26-21(27-31-18)20-15-8-28(9-16(15)20)14-4-2-13(23)3-5-14/h2-7,11,15-16,20H,8-10H2,1H3/t15-,16+,20?. The van der Waals surface area contributed by atoms with Crippen molar-refractivity contribution in [3.63, 3.8) is 0 Å². The molecule has 0 spiro atoms. The minimum absolute atomic E-state index is 0.133. The highest BCUT2D eigenvalue weighted by Gasteiger charge is 2.58. The minimum Gasteiger partial charge on any atom is -0.371 e. The molecule has 31 heavy (non-hydrogen) atoms. The van der Waals surface area contributed by atoms with E-state index in [1.807, 2.05) is 19.1 Å². The van der Waals surface area contributed by atoms with Gasteiger partial charge in [-0.1, -0.05) is 16.8 Å². The lowest BCUT2D eigenvalue weighted by Crippen LogP contribution is -2.23. The summed E-state index contributed by atoms with van der Waals surface area (Å²) in [4.78, 5) is 28.2. The van der Waals surface area contributed by atoms with E-state index in [-0.39, 0.29) is 12.1 Å². The largest absolute Gasteiger partial charge is 0.371 e. The van der Waals surface area contributed by atoms with E-state index in [0.29, 0.717) is 34.5 Å². The number of fused-ring (bicyclic) bond motifs is 2. The molecule has 2 fully saturated rings. The van der Waals surface area contributed by atoms with Crippen molar-refractivity contribution >= 4 is 28.2 Å². The Morgan fingerprint density at radius 1 is 1.16 bits per heavy atom. The van der Waals surface area contributed by atoms with Crippen molar-refractivity contribution in [2.75, 3.05) is 18.0 Å². The van der Waals surface area contributed by atoms with Gasteiger partial charge in [-0.15, -0.1) is 0 Å². The summed E-state index contributed by atoms with van der Waals surface area (Å²) in [7, 11) is 0. The van der Waals surface area contributed by atoms with Crippen molar-refractivity contribution in [3.8, 4) is 0 Å². The van der Waals surface area contributed by atoms with Gasteiger partial charge in [-0.2, -0.15) is 4.98 Å². The van der Waals surface area contributed by atoms with Crippen molar-refractivity contribution < 1.29 is 4.52 Å². The molecule has 1 aliphatic heterocycles. The topological polar surface area (TPSA) is 89.9 Å². The van der Waals surface area contributed by atoms with Gasteiger partial charge in [0, 0.05) is 35.9 Å². The van der Waals surface area contributed by atoms with Crippen LogP contribution in [0.1, 0.15) is 23.2 Å². The molecular formula is C22H19ClN6O2. The van der Waals surface area contributed by atoms with E-state index in [4.69, 9.17) is 16.1 Å². The van der Waals surface area contributed by atoms with E-state index >= 15 is 0 Å². The molecule has 0 amide bonds. The third-order valence-corrected chi connectivity index (χ3v) is 6.65. The maximum Gasteiger partial charge on any atom is 0.262 e. The van der Waals surface area contributed by atoms with Crippen LogP contribution in [0.3, 0.4) is 0 Å². The molecule has 1 saturated heterocycles. The first-order chi connectivity index (χ1) is 15.1. The van der Waals surface area contributed by atoms with Gasteiger partial charge in [0.2, 0.25) is 5.89 Å². The van der Waals surface area contributed by atoms with Crippen LogP contribution < -0.4 is 10.5 Å². The Labute approximate surface area is 182 Å². The van der Waals surface area contributed by atoms with E-state index in [9.17, 15) is 4.79 Å². The van der Waals surface area contributed by atoms with Gasteiger partial charge in [0.1, 0.15) is 6.54 Å². The molecule has 4 aromatic rings. The molecule has 0 N–H and O–H groups in total. The quantitative estimate of drug-likeness (QED) is 0.487. The predicted molar refractivity (Wildman–Crippen MR) is 115 cm³/mol. The molecule has 156 valence electrons. The van der Waals surface area contributed by atoms with Gasteiger partial charge in [0.25, 0.3) is 5.56 Å². The second kappa shape index (κ2) is 6.88. The molecule has 1 aromatic carbocycles. The fourth-order valence-electron chi connectivity index (χ4n) is 4.75. The number of hydrogen-bond donors (Lipinski definition) is 0. The summed E-state index contributed by atoms with van der Waals surface area (Å²) in [6.07, 6.45) is 4.77. The third-order valence-electron chi connectivity index (χ3n) is 6.40. The molecule has 1 unspecified atom stereocenters. The monoisotopic (exact) mass is 434 g/mol. The number of halogens is 1. The second-order valence-electron chi connectivity index (χ2n) is 8.31. The van der Waals surface area contributed by atoms with Gasteiger partial charge < -0.3 is 9.42 Å². The predicted octanol–water partition coefficient (Wildman–Crippen LogP) is 3.03. The van der Waals surface area contributed by atoms with Gasteiger partial charge in [-0.3, -0.25) is 14.3 Å². The van der Waals surface area contributed by atoms with Crippen LogP contribution >= 0.6 is 11.6 Å². The summed E-state index contributed by atoms with van der Waals surface area (Å²) in [6, 6.07) is 7.96. The van der Waals surface area contributed by atoms with Crippen molar-refractivity contribution in [1.82, 2.24) is 24.7 Å². The highest BCUT2D eigenvalue weighted by molar-refractivity contribution is 6.30. The SMILES string of the molecule is Cc1cncc2ncn(Cc3nc(C4[C@H]5CN(c6ccc(Cl)cc6)C[C@@H]45)no3)c(=O)c12. The van der Waals surface area contributed by atoms with Gasteiger partial charge in [-0.05, 0) is 48.6 Å². The summed E-state index contributed by atoms with van der Waals surface area (Å²) in [5, 5.41) is 5.52. The molecule has 9 heteroatoms. The first-order valence-electron chi connectivity index (χ1n) is 10.2. The molecule has 3 atom stereocenters. The van der Waals surface area contributed by atoms with E-state index in [1.165, 1.54) is 16.6 Å². The molecule has 1 aliphatic carbocycles. The third kappa shape index (κ3) is 3.09. The van der Waals surface area contributed by atoms with Crippen molar-refractivity contribution in [2.24, 2.45) is 11.8 Å². The van der Waals surface area contributed by atoms with Gasteiger partial charge >= 0.3 is 0 Å². The minimum atomic E-state index is -0.133. The number of aromatic nitrogens is 5. The number of benzene rings is 1. The fraction of sp³-hybridized carbons (Fsp3) is 0.318. The number of rotatable bonds is 4. The van der Waals surface area contributed by atoms with Crippen molar-refractivity contribution in [1.29, 1.82) is 0 Å². The van der Waals surface area contributed by atoms with E-state index < -0.39 is 0 Å². The molecule has 0 bridgehead atoms. The maximum atomic E-state index is 12.8. The maximum absolute atomic E-state index is 12.8. The summed E-state index contributed by atoms with van der Waals surface area (Å²) < 4.78 is 6.97. The Hall–Kier alpha value is -3.26. The van der Waals surface area contributed by atoms with E-state index in [2.05, 4.69) is 37.1 Å². The lowest BCUT2D eigenvalue weighted by atomic mass is 10.2. The summed E-state index contributed by atoms with van der Waals surface area (Å²) in [5.74, 6) is 2.54. The van der Waals surface area contributed by atoms with Crippen LogP contribution in [-0.4, -0.2) is 37.8 Å². The summed E-state index contributed by atoms with van der Waals surface area (Å²) in [6.45, 7) is 4.01. The van der Waals surface area contributed by atoms with Crippen LogP contribution in [0.5, 0.6) is 0 Å².